The van der Waals surface area contributed by atoms with Crippen molar-refractivity contribution < 1.29 is 4.74 Å². The smallest absolute Gasteiger partial charge is 0.132 e. The molecule has 0 spiro atoms. The van der Waals surface area contributed by atoms with Crippen molar-refractivity contribution in [3.8, 4) is 11.4 Å². The molecule has 21 heavy (non-hydrogen) atoms. The molecule has 106 valence electrons. The molecule has 1 aromatic heterocycles. The largest absolute Gasteiger partial charge is 0.487 e. The van der Waals surface area contributed by atoms with Gasteiger partial charge in [-0.15, -0.1) is 5.10 Å². The number of benzene rings is 2. The van der Waals surface area contributed by atoms with Crippen molar-refractivity contribution in [2.45, 2.75) is 13.2 Å². The van der Waals surface area contributed by atoms with E-state index in [0.29, 0.717) is 13.2 Å². The van der Waals surface area contributed by atoms with Gasteiger partial charge in [-0.3, -0.25) is 0 Å². The average molecular weight is 280 g/mol. The molecule has 0 atom stereocenters. The highest BCUT2D eigenvalue weighted by Gasteiger charge is 2.13. The fraction of sp³-hybridized carbons (Fsp3) is 0.125. The SMILES string of the molecule is NCc1nnn(-c2ccccc2)c1COc1ccccc1. The lowest BCUT2D eigenvalue weighted by Crippen LogP contribution is -2.09. The van der Waals surface area contributed by atoms with Crippen LogP contribution >= 0.6 is 0 Å². The number of nitrogens with zero attached hydrogens (tertiary/aromatic N) is 3. The molecule has 5 heteroatoms. The van der Waals surface area contributed by atoms with Crippen LogP contribution in [0.5, 0.6) is 5.75 Å². The number of hydrogen-bond donors (Lipinski definition) is 1. The molecule has 0 amide bonds. The number of para-hydroxylation sites is 2. The Bertz CT molecular complexity index is 695. The first kappa shape index (κ1) is 13.3. The van der Waals surface area contributed by atoms with Gasteiger partial charge in [0.15, 0.2) is 0 Å². The van der Waals surface area contributed by atoms with Crippen molar-refractivity contribution in [1.29, 1.82) is 0 Å². The summed E-state index contributed by atoms with van der Waals surface area (Å²) in [5.41, 5.74) is 8.29. The lowest BCUT2D eigenvalue weighted by molar-refractivity contribution is 0.296. The lowest BCUT2D eigenvalue weighted by Gasteiger charge is -2.09. The van der Waals surface area contributed by atoms with Crippen molar-refractivity contribution in [3.05, 3.63) is 72.1 Å². The van der Waals surface area contributed by atoms with Gasteiger partial charge >= 0.3 is 0 Å². The molecule has 0 aliphatic rings. The predicted octanol–water partition coefficient (Wildman–Crippen LogP) is 2.30. The van der Waals surface area contributed by atoms with Gasteiger partial charge in [-0.25, -0.2) is 4.68 Å². The van der Waals surface area contributed by atoms with Crippen LogP contribution < -0.4 is 10.5 Å². The first-order chi connectivity index (χ1) is 10.4. The zero-order valence-electron chi connectivity index (χ0n) is 11.5. The van der Waals surface area contributed by atoms with Gasteiger partial charge in [0.1, 0.15) is 23.7 Å². The minimum absolute atomic E-state index is 0.334. The summed E-state index contributed by atoms with van der Waals surface area (Å²) >= 11 is 0. The number of hydrogen-bond acceptors (Lipinski definition) is 4. The van der Waals surface area contributed by atoms with Gasteiger partial charge < -0.3 is 10.5 Å². The van der Waals surface area contributed by atoms with Crippen LogP contribution in [0.2, 0.25) is 0 Å². The van der Waals surface area contributed by atoms with Crippen molar-refractivity contribution in [2.24, 2.45) is 5.73 Å². The number of aromatic nitrogens is 3. The zero-order valence-corrected chi connectivity index (χ0v) is 11.5. The summed E-state index contributed by atoms with van der Waals surface area (Å²) in [5, 5.41) is 8.31. The maximum atomic E-state index is 5.80. The summed E-state index contributed by atoms with van der Waals surface area (Å²) in [4.78, 5) is 0. The molecule has 0 saturated heterocycles. The fourth-order valence-electron chi connectivity index (χ4n) is 2.08. The lowest BCUT2D eigenvalue weighted by atomic mass is 10.3. The molecule has 5 nitrogen and oxygen atoms in total. The van der Waals surface area contributed by atoms with Crippen LogP contribution in [-0.4, -0.2) is 15.0 Å². The molecule has 0 saturated carbocycles. The molecule has 0 bridgehead atoms. The highest BCUT2D eigenvalue weighted by molar-refractivity contribution is 5.33. The van der Waals surface area contributed by atoms with E-state index in [0.717, 1.165) is 22.8 Å². The first-order valence-electron chi connectivity index (χ1n) is 6.75. The Hall–Kier alpha value is -2.66. The van der Waals surface area contributed by atoms with Crippen LogP contribution in [0, 0.1) is 0 Å². The Kier molecular flexibility index (Phi) is 3.93. The second kappa shape index (κ2) is 6.19. The third-order valence-corrected chi connectivity index (χ3v) is 3.16. The molecule has 0 aliphatic carbocycles. The molecule has 0 unspecified atom stereocenters. The highest BCUT2D eigenvalue weighted by Crippen LogP contribution is 2.16. The van der Waals surface area contributed by atoms with E-state index in [4.69, 9.17) is 10.5 Å². The van der Waals surface area contributed by atoms with E-state index in [2.05, 4.69) is 10.3 Å². The van der Waals surface area contributed by atoms with Gasteiger partial charge in [-0.2, -0.15) is 0 Å². The molecule has 2 aromatic carbocycles. The van der Waals surface area contributed by atoms with Crippen LogP contribution in [0.15, 0.2) is 60.7 Å². The second-order valence-corrected chi connectivity index (χ2v) is 4.54. The Balaban J connectivity index is 1.88. The Morgan fingerprint density at radius 1 is 0.952 bits per heavy atom. The van der Waals surface area contributed by atoms with E-state index in [1.165, 1.54) is 0 Å². The van der Waals surface area contributed by atoms with E-state index >= 15 is 0 Å². The molecular weight excluding hydrogens is 264 g/mol. The minimum Gasteiger partial charge on any atom is -0.487 e. The number of rotatable bonds is 5. The van der Waals surface area contributed by atoms with Gasteiger partial charge in [0.05, 0.1) is 5.69 Å². The fourth-order valence-corrected chi connectivity index (χ4v) is 2.08. The number of nitrogens with two attached hydrogens (primary N) is 1. The second-order valence-electron chi connectivity index (χ2n) is 4.54. The van der Waals surface area contributed by atoms with E-state index in [9.17, 15) is 0 Å². The molecule has 0 fully saturated rings. The third kappa shape index (κ3) is 2.93. The zero-order chi connectivity index (χ0) is 14.5. The monoisotopic (exact) mass is 280 g/mol. The first-order valence-corrected chi connectivity index (χ1v) is 6.75. The molecule has 3 rings (SSSR count). The summed E-state index contributed by atoms with van der Waals surface area (Å²) in [6, 6.07) is 19.5. The maximum absolute atomic E-state index is 5.80. The standard InChI is InChI=1S/C16H16N4O/c17-11-15-16(12-21-14-9-5-2-6-10-14)20(19-18-15)13-7-3-1-4-8-13/h1-10H,11-12,17H2. The topological polar surface area (TPSA) is 66.0 Å². The van der Waals surface area contributed by atoms with Crippen molar-refractivity contribution in [3.63, 3.8) is 0 Å². The van der Waals surface area contributed by atoms with Gasteiger partial charge in [0, 0.05) is 6.54 Å². The summed E-state index contributed by atoms with van der Waals surface area (Å²) in [5.74, 6) is 0.807. The van der Waals surface area contributed by atoms with E-state index < -0.39 is 0 Å². The molecule has 0 aliphatic heterocycles. The van der Waals surface area contributed by atoms with Gasteiger partial charge in [0.25, 0.3) is 0 Å². The Morgan fingerprint density at radius 2 is 1.62 bits per heavy atom. The van der Waals surface area contributed by atoms with Gasteiger partial charge in [-0.05, 0) is 24.3 Å². The van der Waals surface area contributed by atoms with Gasteiger partial charge in [-0.1, -0.05) is 41.6 Å². The normalized spacial score (nSPS) is 10.5. The van der Waals surface area contributed by atoms with Crippen LogP contribution in [0.4, 0.5) is 0 Å². The Morgan fingerprint density at radius 3 is 2.29 bits per heavy atom. The summed E-state index contributed by atoms with van der Waals surface area (Å²) < 4.78 is 7.57. The Labute approximate surface area is 123 Å². The summed E-state index contributed by atoms with van der Waals surface area (Å²) in [6.07, 6.45) is 0. The molecule has 0 radical (unpaired) electrons. The minimum atomic E-state index is 0.334. The summed E-state index contributed by atoms with van der Waals surface area (Å²) in [6.45, 7) is 0.707. The molecular formula is C16H16N4O. The van der Waals surface area contributed by atoms with Crippen LogP contribution in [0.1, 0.15) is 11.4 Å². The average Bonchev–Trinajstić information content (AvgIpc) is 2.97. The van der Waals surface area contributed by atoms with Crippen molar-refractivity contribution in [2.75, 3.05) is 0 Å². The van der Waals surface area contributed by atoms with Gasteiger partial charge in [0.2, 0.25) is 0 Å². The quantitative estimate of drug-likeness (QED) is 0.779. The van der Waals surface area contributed by atoms with Crippen LogP contribution in [0.3, 0.4) is 0 Å². The van der Waals surface area contributed by atoms with E-state index in [-0.39, 0.29) is 0 Å². The number of ether oxygens (including phenoxy) is 1. The van der Waals surface area contributed by atoms with E-state index in [1.807, 2.05) is 60.7 Å². The third-order valence-electron chi connectivity index (χ3n) is 3.16. The molecule has 1 heterocycles. The van der Waals surface area contributed by atoms with Crippen LogP contribution in [-0.2, 0) is 13.2 Å². The van der Waals surface area contributed by atoms with E-state index in [1.54, 1.807) is 4.68 Å². The molecule has 2 N–H and O–H groups in total. The summed E-state index contributed by atoms with van der Waals surface area (Å²) in [7, 11) is 0. The van der Waals surface area contributed by atoms with Crippen LogP contribution in [0.25, 0.3) is 5.69 Å². The predicted molar refractivity (Wildman–Crippen MR) is 80.0 cm³/mol. The highest BCUT2D eigenvalue weighted by atomic mass is 16.5. The maximum Gasteiger partial charge on any atom is 0.132 e. The van der Waals surface area contributed by atoms with Crippen molar-refractivity contribution in [1.82, 2.24) is 15.0 Å². The van der Waals surface area contributed by atoms with Crippen molar-refractivity contribution >= 4 is 0 Å². The molecule has 3 aromatic rings.